The van der Waals surface area contributed by atoms with Crippen LogP contribution in [0, 0.1) is 6.92 Å². The van der Waals surface area contributed by atoms with E-state index in [2.05, 4.69) is 16.1 Å². The Bertz CT molecular complexity index is 1040. The number of hydrogen-bond donors (Lipinski definition) is 3. The largest absolute Gasteiger partial charge is 0.351 e. The lowest BCUT2D eigenvalue weighted by molar-refractivity contribution is -0.140. The van der Waals surface area contributed by atoms with Gasteiger partial charge in [0.05, 0.1) is 25.8 Å². The third kappa shape index (κ3) is 5.97. The summed E-state index contributed by atoms with van der Waals surface area (Å²) in [5.41, 5.74) is 3.21. The van der Waals surface area contributed by atoms with E-state index in [-0.39, 0.29) is 13.0 Å². The SMILES string of the molecule is CCOC(CN1C(=O)[C@@](CC(=O)NOC)(NC(=O)Nc2ccc(C)cc2)c2ccccc21)OCC. The van der Waals surface area contributed by atoms with Crippen molar-refractivity contribution in [3.05, 3.63) is 59.7 Å². The predicted octanol–water partition coefficient (Wildman–Crippen LogP) is 2.83. The molecule has 2 aromatic rings. The molecule has 0 unspecified atom stereocenters. The summed E-state index contributed by atoms with van der Waals surface area (Å²) in [5, 5.41) is 5.52. The van der Waals surface area contributed by atoms with Crippen LogP contribution in [0.4, 0.5) is 16.2 Å². The zero-order valence-electron chi connectivity index (χ0n) is 20.4. The van der Waals surface area contributed by atoms with Crippen LogP contribution in [0.3, 0.4) is 0 Å². The Hall–Kier alpha value is -3.47. The number of ether oxygens (including phenoxy) is 2. The smallest absolute Gasteiger partial charge is 0.320 e. The Labute approximate surface area is 204 Å². The summed E-state index contributed by atoms with van der Waals surface area (Å²) in [5.74, 6) is -1.05. The molecule has 0 bridgehead atoms. The lowest BCUT2D eigenvalue weighted by Gasteiger charge is -2.30. The van der Waals surface area contributed by atoms with Gasteiger partial charge < -0.3 is 25.0 Å². The maximum Gasteiger partial charge on any atom is 0.320 e. The second kappa shape index (κ2) is 11.8. The highest BCUT2D eigenvalue weighted by atomic mass is 16.7. The number of benzene rings is 2. The fourth-order valence-electron chi connectivity index (χ4n) is 4.10. The fourth-order valence-corrected chi connectivity index (χ4v) is 4.10. The van der Waals surface area contributed by atoms with E-state index in [0.29, 0.717) is 30.2 Å². The van der Waals surface area contributed by atoms with Gasteiger partial charge in [-0.15, -0.1) is 0 Å². The first-order chi connectivity index (χ1) is 16.8. The summed E-state index contributed by atoms with van der Waals surface area (Å²) >= 11 is 0. The zero-order chi connectivity index (χ0) is 25.4. The summed E-state index contributed by atoms with van der Waals surface area (Å²) < 4.78 is 11.3. The third-order valence-electron chi connectivity index (χ3n) is 5.58. The summed E-state index contributed by atoms with van der Waals surface area (Å²) in [6, 6.07) is 13.6. The van der Waals surface area contributed by atoms with E-state index in [4.69, 9.17) is 14.3 Å². The number of fused-ring (bicyclic) bond motifs is 1. The number of amides is 4. The van der Waals surface area contributed by atoms with Gasteiger partial charge in [-0.1, -0.05) is 35.9 Å². The molecular formula is C25H32N4O6. The minimum absolute atomic E-state index is 0.0897. The summed E-state index contributed by atoms with van der Waals surface area (Å²) in [7, 11) is 1.30. The molecule has 3 N–H and O–H groups in total. The molecule has 10 nitrogen and oxygen atoms in total. The van der Waals surface area contributed by atoms with Gasteiger partial charge in [0.15, 0.2) is 11.8 Å². The van der Waals surface area contributed by atoms with Gasteiger partial charge in [-0.2, -0.15) is 0 Å². The predicted molar refractivity (Wildman–Crippen MR) is 131 cm³/mol. The van der Waals surface area contributed by atoms with Gasteiger partial charge in [0.2, 0.25) is 5.91 Å². The van der Waals surface area contributed by atoms with Crippen LogP contribution in [-0.2, 0) is 29.4 Å². The van der Waals surface area contributed by atoms with E-state index in [9.17, 15) is 14.4 Å². The Kier molecular flexibility index (Phi) is 8.80. The molecule has 0 aliphatic carbocycles. The van der Waals surface area contributed by atoms with Crippen LogP contribution in [0.15, 0.2) is 48.5 Å². The van der Waals surface area contributed by atoms with Crippen LogP contribution < -0.4 is 21.0 Å². The lowest BCUT2D eigenvalue weighted by Crippen LogP contribution is -2.57. The highest BCUT2D eigenvalue weighted by molar-refractivity contribution is 6.12. The zero-order valence-corrected chi connectivity index (χ0v) is 20.4. The van der Waals surface area contributed by atoms with Crippen LogP contribution in [0.2, 0.25) is 0 Å². The molecule has 1 aliphatic rings. The Balaban J connectivity index is 1.98. The van der Waals surface area contributed by atoms with Crippen molar-refractivity contribution in [1.29, 1.82) is 0 Å². The van der Waals surface area contributed by atoms with E-state index < -0.39 is 29.7 Å². The number of nitrogens with zero attached hydrogens (tertiary/aromatic N) is 1. The number of carbonyl (C=O) groups is 3. The maximum atomic E-state index is 14.0. The first-order valence-electron chi connectivity index (χ1n) is 11.5. The van der Waals surface area contributed by atoms with Gasteiger partial charge in [0.25, 0.3) is 5.91 Å². The molecule has 4 amide bonds. The van der Waals surface area contributed by atoms with Crippen molar-refractivity contribution in [3.8, 4) is 0 Å². The van der Waals surface area contributed by atoms with Gasteiger partial charge in [-0.3, -0.25) is 14.4 Å². The number of hydrogen-bond acceptors (Lipinski definition) is 6. The van der Waals surface area contributed by atoms with Crippen molar-refractivity contribution in [1.82, 2.24) is 10.8 Å². The van der Waals surface area contributed by atoms with Crippen molar-refractivity contribution in [2.45, 2.75) is 39.0 Å². The average Bonchev–Trinajstić information content (AvgIpc) is 3.04. The Morgan fingerprint density at radius 2 is 1.69 bits per heavy atom. The number of para-hydroxylation sites is 1. The Morgan fingerprint density at radius 1 is 1.03 bits per heavy atom. The van der Waals surface area contributed by atoms with Crippen molar-refractivity contribution >= 4 is 29.2 Å². The van der Waals surface area contributed by atoms with Gasteiger partial charge in [-0.25, -0.2) is 10.3 Å². The molecule has 3 rings (SSSR count). The molecule has 1 heterocycles. The molecule has 2 aromatic carbocycles. The lowest BCUT2D eigenvalue weighted by atomic mass is 9.87. The second-order valence-electron chi connectivity index (χ2n) is 8.03. The average molecular weight is 485 g/mol. The number of nitrogens with one attached hydrogen (secondary N) is 3. The number of aryl methyl sites for hydroxylation is 1. The number of urea groups is 1. The molecule has 0 radical (unpaired) electrons. The molecule has 0 saturated carbocycles. The van der Waals surface area contributed by atoms with Gasteiger partial charge >= 0.3 is 6.03 Å². The number of rotatable bonds is 11. The van der Waals surface area contributed by atoms with Crippen LogP contribution in [0.1, 0.15) is 31.4 Å². The van der Waals surface area contributed by atoms with Crippen molar-refractivity contribution in [2.75, 3.05) is 37.1 Å². The molecular weight excluding hydrogens is 452 g/mol. The van der Waals surface area contributed by atoms with Crippen molar-refractivity contribution in [3.63, 3.8) is 0 Å². The minimum Gasteiger partial charge on any atom is -0.351 e. The van der Waals surface area contributed by atoms with E-state index in [1.807, 2.05) is 32.9 Å². The summed E-state index contributed by atoms with van der Waals surface area (Å²) in [4.78, 5) is 45.9. The molecule has 35 heavy (non-hydrogen) atoms. The van der Waals surface area contributed by atoms with Crippen molar-refractivity contribution in [2.24, 2.45) is 0 Å². The standard InChI is InChI=1S/C25H32N4O6/c1-5-34-22(35-6-2)16-29-20-10-8-7-9-19(20)25(23(29)31,15-21(30)28-33-4)27-24(32)26-18-13-11-17(3)12-14-18/h7-14,22H,5-6,15-16H2,1-4H3,(H,28,30)(H2,26,27,32)/t25-/m0/s1. The minimum atomic E-state index is -1.67. The van der Waals surface area contributed by atoms with Crippen LogP contribution in [0.25, 0.3) is 0 Å². The van der Waals surface area contributed by atoms with Crippen molar-refractivity contribution < 1.29 is 28.7 Å². The molecule has 0 spiro atoms. The normalized spacial score (nSPS) is 16.8. The molecule has 1 atom stereocenters. The fraction of sp³-hybridized carbons (Fsp3) is 0.400. The molecule has 1 aliphatic heterocycles. The number of hydroxylamine groups is 1. The number of anilines is 2. The molecule has 0 saturated heterocycles. The number of carbonyl (C=O) groups excluding carboxylic acids is 3. The third-order valence-corrected chi connectivity index (χ3v) is 5.58. The van der Waals surface area contributed by atoms with Crippen LogP contribution >= 0.6 is 0 Å². The highest BCUT2D eigenvalue weighted by Gasteiger charge is 2.53. The Morgan fingerprint density at radius 3 is 2.31 bits per heavy atom. The first kappa shape index (κ1) is 26.1. The molecule has 10 heteroatoms. The van der Waals surface area contributed by atoms with E-state index >= 15 is 0 Å². The van der Waals surface area contributed by atoms with Gasteiger partial charge in [-0.05, 0) is 39.0 Å². The molecule has 0 fully saturated rings. The monoisotopic (exact) mass is 484 g/mol. The summed E-state index contributed by atoms with van der Waals surface area (Å²) in [6.45, 7) is 6.49. The first-order valence-corrected chi connectivity index (χ1v) is 11.5. The maximum absolute atomic E-state index is 14.0. The van der Waals surface area contributed by atoms with Gasteiger partial charge in [0, 0.05) is 24.5 Å². The second-order valence-corrected chi connectivity index (χ2v) is 8.03. The van der Waals surface area contributed by atoms with Gasteiger partial charge in [0.1, 0.15) is 0 Å². The molecule has 0 aromatic heterocycles. The topological polar surface area (TPSA) is 118 Å². The summed E-state index contributed by atoms with van der Waals surface area (Å²) in [6.07, 6.45) is -1.05. The van der Waals surface area contributed by atoms with E-state index in [0.717, 1.165) is 5.56 Å². The van der Waals surface area contributed by atoms with E-state index in [1.54, 1.807) is 36.4 Å². The van der Waals surface area contributed by atoms with Crippen LogP contribution in [-0.4, -0.2) is 51.0 Å². The van der Waals surface area contributed by atoms with Crippen LogP contribution in [0.5, 0.6) is 0 Å². The molecule has 188 valence electrons. The highest BCUT2D eigenvalue weighted by Crippen LogP contribution is 2.42. The van der Waals surface area contributed by atoms with E-state index in [1.165, 1.54) is 12.0 Å². The quantitative estimate of drug-likeness (QED) is 0.333.